The highest BCUT2D eigenvalue weighted by molar-refractivity contribution is 7.89. The van der Waals surface area contributed by atoms with Crippen LogP contribution < -0.4 is 10.0 Å². The van der Waals surface area contributed by atoms with Crippen molar-refractivity contribution in [2.24, 2.45) is 5.92 Å². The van der Waals surface area contributed by atoms with Gasteiger partial charge in [0, 0.05) is 11.6 Å². The Morgan fingerprint density at radius 1 is 1.17 bits per heavy atom. The maximum absolute atomic E-state index is 12.5. The number of aromatic nitrogens is 2. The number of nitrogens with zero attached hydrogens (tertiary/aromatic N) is 2. The van der Waals surface area contributed by atoms with Gasteiger partial charge in [-0.2, -0.15) is 0 Å². The quantitative estimate of drug-likeness (QED) is 0.885. The van der Waals surface area contributed by atoms with E-state index < -0.39 is 10.0 Å². The number of benzene rings is 1. The summed E-state index contributed by atoms with van der Waals surface area (Å²) in [5.74, 6) is 0.766. The molecule has 1 fully saturated rings. The molecule has 3 rings (SSSR count). The Labute approximate surface area is 136 Å². The van der Waals surface area contributed by atoms with Crippen molar-refractivity contribution in [3.63, 3.8) is 0 Å². The minimum absolute atomic E-state index is 0.0601. The van der Waals surface area contributed by atoms with Crippen LogP contribution in [-0.4, -0.2) is 37.5 Å². The molecule has 0 spiro atoms. The fraction of sp³-hybridized carbons (Fsp3) is 0.375. The number of hydrogen-bond acceptors (Lipinski definition) is 5. The number of rotatable bonds is 4. The van der Waals surface area contributed by atoms with Gasteiger partial charge in [0.15, 0.2) is 5.82 Å². The molecule has 23 heavy (non-hydrogen) atoms. The van der Waals surface area contributed by atoms with E-state index in [0.29, 0.717) is 5.82 Å². The van der Waals surface area contributed by atoms with Crippen molar-refractivity contribution in [1.29, 1.82) is 0 Å². The Hall–Kier alpha value is -1.83. The lowest BCUT2D eigenvalue weighted by Crippen LogP contribution is -2.48. The molecule has 0 amide bonds. The van der Waals surface area contributed by atoms with Crippen LogP contribution in [0, 0.1) is 5.92 Å². The molecule has 2 aromatic rings. The highest BCUT2D eigenvalue weighted by Crippen LogP contribution is 2.17. The molecule has 7 heteroatoms. The van der Waals surface area contributed by atoms with Crippen LogP contribution in [0.25, 0.3) is 11.4 Å². The summed E-state index contributed by atoms with van der Waals surface area (Å²) in [6.07, 6.45) is 3.51. The molecule has 2 unspecified atom stereocenters. The Morgan fingerprint density at radius 2 is 1.87 bits per heavy atom. The summed E-state index contributed by atoms with van der Waals surface area (Å²) >= 11 is 0. The smallest absolute Gasteiger partial charge is 0.243 e. The number of nitrogens with one attached hydrogen (secondary N) is 2. The first kappa shape index (κ1) is 16.0. The van der Waals surface area contributed by atoms with Gasteiger partial charge in [-0.3, -0.25) is 0 Å². The van der Waals surface area contributed by atoms with Crippen LogP contribution in [-0.2, 0) is 10.0 Å². The van der Waals surface area contributed by atoms with Crippen LogP contribution in [0.4, 0.5) is 0 Å². The number of sulfonamides is 1. The Morgan fingerprint density at radius 3 is 2.52 bits per heavy atom. The molecular weight excluding hydrogens is 312 g/mol. The number of piperidine rings is 1. The standard InChI is InChI=1S/C16H20N4O2S/c1-12-9-17-8-7-15(12)20-23(21,22)14-10-18-16(19-11-14)13-5-3-2-4-6-13/h2-6,10-12,15,17,20H,7-9H2,1H3. The van der Waals surface area contributed by atoms with E-state index in [-0.39, 0.29) is 16.9 Å². The molecule has 0 radical (unpaired) electrons. The van der Waals surface area contributed by atoms with Crippen molar-refractivity contribution < 1.29 is 8.42 Å². The van der Waals surface area contributed by atoms with Gasteiger partial charge in [-0.05, 0) is 25.4 Å². The molecule has 0 saturated carbocycles. The summed E-state index contributed by atoms with van der Waals surface area (Å²) in [6.45, 7) is 3.67. The third-order valence-electron chi connectivity index (χ3n) is 4.06. The van der Waals surface area contributed by atoms with E-state index >= 15 is 0 Å². The third kappa shape index (κ3) is 3.74. The topological polar surface area (TPSA) is 84.0 Å². The first-order chi connectivity index (χ1) is 11.1. The Balaban J connectivity index is 1.78. The zero-order valence-corrected chi connectivity index (χ0v) is 13.8. The average Bonchev–Trinajstić information content (AvgIpc) is 2.58. The Bertz CT molecular complexity index is 747. The van der Waals surface area contributed by atoms with Crippen molar-refractivity contribution in [1.82, 2.24) is 20.0 Å². The lowest BCUT2D eigenvalue weighted by Gasteiger charge is -2.29. The molecule has 1 aromatic heterocycles. The maximum atomic E-state index is 12.5. The van der Waals surface area contributed by atoms with Crippen molar-refractivity contribution in [3.8, 4) is 11.4 Å². The van der Waals surface area contributed by atoms with Gasteiger partial charge in [0.1, 0.15) is 4.90 Å². The summed E-state index contributed by atoms with van der Waals surface area (Å²) in [7, 11) is -3.59. The minimum Gasteiger partial charge on any atom is -0.316 e. The summed E-state index contributed by atoms with van der Waals surface area (Å²) in [6, 6.07) is 9.41. The summed E-state index contributed by atoms with van der Waals surface area (Å²) in [5, 5.41) is 3.26. The molecule has 1 saturated heterocycles. The first-order valence-corrected chi connectivity index (χ1v) is 9.15. The molecule has 0 bridgehead atoms. The van der Waals surface area contributed by atoms with Gasteiger partial charge in [-0.15, -0.1) is 0 Å². The van der Waals surface area contributed by atoms with Gasteiger partial charge >= 0.3 is 0 Å². The van der Waals surface area contributed by atoms with Crippen LogP contribution >= 0.6 is 0 Å². The second-order valence-corrected chi connectivity index (χ2v) is 7.52. The van der Waals surface area contributed by atoms with E-state index in [1.54, 1.807) is 0 Å². The van der Waals surface area contributed by atoms with Crippen LogP contribution in [0.2, 0.25) is 0 Å². The molecule has 1 aromatic carbocycles. The molecule has 0 aliphatic carbocycles. The lowest BCUT2D eigenvalue weighted by molar-refractivity contribution is 0.328. The van der Waals surface area contributed by atoms with Gasteiger partial charge < -0.3 is 5.32 Å². The zero-order valence-electron chi connectivity index (χ0n) is 12.9. The maximum Gasteiger partial charge on any atom is 0.243 e. The molecule has 1 aliphatic rings. The van der Waals surface area contributed by atoms with Crippen LogP contribution in [0.3, 0.4) is 0 Å². The Kier molecular flexibility index (Phi) is 4.70. The second kappa shape index (κ2) is 6.74. The van der Waals surface area contributed by atoms with Crippen LogP contribution in [0.1, 0.15) is 13.3 Å². The first-order valence-electron chi connectivity index (χ1n) is 7.67. The molecule has 2 N–H and O–H groups in total. The van der Waals surface area contributed by atoms with Crippen molar-refractivity contribution in [2.45, 2.75) is 24.3 Å². The average molecular weight is 332 g/mol. The van der Waals surface area contributed by atoms with Crippen molar-refractivity contribution in [2.75, 3.05) is 13.1 Å². The lowest BCUT2D eigenvalue weighted by atomic mass is 9.97. The zero-order chi connectivity index (χ0) is 16.3. The largest absolute Gasteiger partial charge is 0.316 e. The van der Waals surface area contributed by atoms with Crippen molar-refractivity contribution in [3.05, 3.63) is 42.7 Å². The molecule has 6 nitrogen and oxygen atoms in total. The molecular formula is C16H20N4O2S. The molecule has 2 atom stereocenters. The highest BCUT2D eigenvalue weighted by atomic mass is 32.2. The van der Waals surface area contributed by atoms with E-state index in [4.69, 9.17) is 0 Å². The second-order valence-electron chi connectivity index (χ2n) is 5.81. The van der Waals surface area contributed by atoms with Crippen LogP contribution in [0.5, 0.6) is 0 Å². The summed E-state index contributed by atoms with van der Waals surface area (Å²) in [5.41, 5.74) is 0.858. The highest BCUT2D eigenvalue weighted by Gasteiger charge is 2.27. The predicted octanol–water partition coefficient (Wildman–Crippen LogP) is 1.42. The summed E-state index contributed by atoms with van der Waals surface area (Å²) < 4.78 is 27.7. The monoisotopic (exact) mass is 332 g/mol. The molecule has 1 aliphatic heterocycles. The fourth-order valence-electron chi connectivity index (χ4n) is 2.65. The molecule has 122 valence electrons. The van der Waals surface area contributed by atoms with Gasteiger partial charge in [-0.25, -0.2) is 23.1 Å². The molecule has 2 heterocycles. The van der Waals surface area contributed by atoms with Crippen molar-refractivity contribution >= 4 is 10.0 Å². The summed E-state index contributed by atoms with van der Waals surface area (Å²) in [4.78, 5) is 8.47. The van der Waals surface area contributed by atoms with E-state index in [1.165, 1.54) is 12.4 Å². The minimum atomic E-state index is -3.59. The van der Waals surface area contributed by atoms with E-state index in [1.807, 2.05) is 37.3 Å². The van der Waals surface area contributed by atoms with Gasteiger partial charge in [-0.1, -0.05) is 37.3 Å². The number of hydrogen-bond donors (Lipinski definition) is 2. The van der Waals surface area contributed by atoms with Gasteiger partial charge in [0.05, 0.1) is 12.4 Å². The fourth-order valence-corrected chi connectivity index (χ4v) is 3.92. The third-order valence-corrected chi connectivity index (χ3v) is 5.51. The van der Waals surface area contributed by atoms with E-state index in [2.05, 4.69) is 20.0 Å². The van der Waals surface area contributed by atoms with E-state index in [0.717, 1.165) is 25.1 Å². The SMILES string of the molecule is CC1CNCCC1NS(=O)(=O)c1cnc(-c2ccccc2)nc1. The normalized spacial score (nSPS) is 22.0. The van der Waals surface area contributed by atoms with Gasteiger partial charge in [0.2, 0.25) is 10.0 Å². The predicted molar refractivity (Wildman–Crippen MR) is 88.2 cm³/mol. The van der Waals surface area contributed by atoms with Gasteiger partial charge in [0.25, 0.3) is 0 Å². The van der Waals surface area contributed by atoms with E-state index in [9.17, 15) is 8.42 Å². The van der Waals surface area contributed by atoms with Crippen LogP contribution in [0.15, 0.2) is 47.6 Å².